The number of piperidine rings is 1. The highest BCUT2D eigenvalue weighted by Gasteiger charge is 2.25. The molecule has 108 valence electrons. The normalized spacial score (nSPS) is 18.2. The number of aromatic nitrogens is 3. The van der Waals surface area contributed by atoms with Crippen LogP contribution in [0.25, 0.3) is 11.2 Å². The molecule has 0 aliphatic carbocycles. The summed E-state index contributed by atoms with van der Waals surface area (Å²) in [5.41, 5.74) is 2.10. The van der Waals surface area contributed by atoms with Crippen LogP contribution in [0.15, 0.2) is 18.3 Å². The van der Waals surface area contributed by atoms with Gasteiger partial charge in [-0.1, -0.05) is 20.8 Å². The van der Waals surface area contributed by atoms with Crippen LogP contribution < -0.4 is 0 Å². The van der Waals surface area contributed by atoms with E-state index in [2.05, 4.69) is 41.3 Å². The van der Waals surface area contributed by atoms with Crippen LogP contribution in [0, 0.1) is 0 Å². The van der Waals surface area contributed by atoms with Crippen LogP contribution in [0.1, 0.15) is 51.4 Å². The lowest BCUT2D eigenvalue weighted by atomic mass is 10.0. The Bertz CT molecular complexity index is 579. The molecule has 0 amide bonds. The first-order chi connectivity index (χ1) is 9.70. The Balaban J connectivity index is 1.99. The number of fused-ring (bicyclic) bond motifs is 1. The van der Waals surface area contributed by atoms with Crippen LogP contribution in [-0.2, 0) is 0 Å². The lowest BCUT2D eigenvalue weighted by Crippen LogP contribution is -2.34. The van der Waals surface area contributed by atoms with Gasteiger partial charge < -0.3 is 9.47 Å². The number of likely N-dealkylation sites (tertiary alicyclic amines) is 1. The molecule has 0 aromatic carbocycles. The van der Waals surface area contributed by atoms with E-state index in [-0.39, 0.29) is 0 Å². The van der Waals surface area contributed by atoms with E-state index in [0.29, 0.717) is 12.0 Å². The second kappa shape index (κ2) is 5.52. The summed E-state index contributed by atoms with van der Waals surface area (Å²) in [6.45, 7) is 10.2. The summed E-state index contributed by atoms with van der Waals surface area (Å²) in [7, 11) is 0. The van der Waals surface area contributed by atoms with Crippen LogP contribution in [0.5, 0.6) is 0 Å². The van der Waals surface area contributed by atoms with Gasteiger partial charge in [0.05, 0.1) is 0 Å². The Labute approximate surface area is 120 Å². The molecule has 0 radical (unpaired) electrons. The average molecular weight is 272 g/mol. The van der Waals surface area contributed by atoms with Crippen molar-refractivity contribution in [2.75, 3.05) is 19.6 Å². The summed E-state index contributed by atoms with van der Waals surface area (Å²) in [6.07, 6.45) is 4.29. The van der Waals surface area contributed by atoms with Crippen molar-refractivity contribution < 1.29 is 0 Å². The molecule has 0 saturated carbocycles. The van der Waals surface area contributed by atoms with Gasteiger partial charge in [-0.15, -0.1) is 0 Å². The van der Waals surface area contributed by atoms with Crippen LogP contribution >= 0.6 is 0 Å². The highest BCUT2D eigenvalue weighted by molar-refractivity contribution is 5.71. The van der Waals surface area contributed by atoms with E-state index in [9.17, 15) is 0 Å². The lowest BCUT2D eigenvalue weighted by molar-refractivity contribution is 0.194. The van der Waals surface area contributed by atoms with Gasteiger partial charge in [0, 0.05) is 31.2 Å². The average Bonchev–Trinajstić information content (AvgIpc) is 2.87. The monoisotopic (exact) mass is 272 g/mol. The minimum absolute atomic E-state index is 0.438. The number of nitrogens with zero attached hydrogens (tertiary/aromatic N) is 4. The largest absolute Gasteiger partial charge is 0.309 e. The third kappa shape index (κ3) is 2.33. The zero-order valence-electron chi connectivity index (χ0n) is 12.7. The minimum Gasteiger partial charge on any atom is -0.309 e. The zero-order chi connectivity index (χ0) is 14.1. The molecule has 0 atom stereocenters. The standard InChI is InChI=1S/C16H24N4/c1-4-19-10-7-13(8-11-19)20-15(12(2)3)18-14-6-5-9-17-16(14)20/h5-6,9,12-13H,4,7-8,10-11H2,1-3H3. The molecule has 1 saturated heterocycles. The predicted molar refractivity (Wildman–Crippen MR) is 82.0 cm³/mol. The highest BCUT2D eigenvalue weighted by atomic mass is 15.2. The molecule has 3 rings (SSSR count). The first-order valence-corrected chi connectivity index (χ1v) is 7.76. The molecule has 20 heavy (non-hydrogen) atoms. The molecule has 1 aliphatic heterocycles. The Kier molecular flexibility index (Phi) is 3.74. The van der Waals surface area contributed by atoms with E-state index in [0.717, 1.165) is 17.7 Å². The fourth-order valence-electron chi connectivity index (χ4n) is 3.21. The van der Waals surface area contributed by atoms with E-state index in [4.69, 9.17) is 4.98 Å². The third-order valence-corrected chi connectivity index (χ3v) is 4.36. The zero-order valence-corrected chi connectivity index (χ0v) is 12.7. The van der Waals surface area contributed by atoms with E-state index < -0.39 is 0 Å². The van der Waals surface area contributed by atoms with Crippen LogP contribution in [-0.4, -0.2) is 39.1 Å². The van der Waals surface area contributed by atoms with Crippen LogP contribution in [0.3, 0.4) is 0 Å². The Hall–Kier alpha value is -1.42. The van der Waals surface area contributed by atoms with Gasteiger partial charge in [0.25, 0.3) is 0 Å². The van der Waals surface area contributed by atoms with Crippen molar-refractivity contribution in [2.45, 2.75) is 45.6 Å². The van der Waals surface area contributed by atoms with E-state index in [1.54, 1.807) is 0 Å². The van der Waals surface area contributed by atoms with Crippen molar-refractivity contribution in [1.82, 2.24) is 19.4 Å². The van der Waals surface area contributed by atoms with Gasteiger partial charge in [0.1, 0.15) is 11.3 Å². The van der Waals surface area contributed by atoms with Gasteiger partial charge in [-0.25, -0.2) is 9.97 Å². The van der Waals surface area contributed by atoms with Gasteiger partial charge in [-0.3, -0.25) is 0 Å². The Morgan fingerprint density at radius 2 is 2.05 bits per heavy atom. The molecule has 0 spiro atoms. The maximum Gasteiger partial charge on any atom is 0.160 e. The highest BCUT2D eigenvalue weighted by Crippen LogP contribution is 2.30. The summed E-state index contributed by atoms with van der Waals surface area (Å²) in [4.78, 5) is 11.9. The van der Waals surface area contributed by atoms with Gasteiger partial charge in [0.15, 0.2) is 5.65 Å². The summed E-state index contributed by atoms with van der Waals surface area (Å²) >= 11 is 0. The van der Waals surface area contributed by atoms with E-state index >= 15 is 0 Å². The molecule has 2 aromatic rings. The summed E-state index contributed by atoms with van der Waals surface area (Å²) in [6, 6.07) is 4.60. The van der Waals surface area contributed by atoms with E-state index in [1.807, 2.05) is 12.3 Å². The second-order valence-electron chi connectivity index (χ2n) is 6.01. The second-order valence-corrected chi connectivity index (χ2v) is 6.01. The molecular formula is C16H24N4. The first kappa shape index (κ1) is 13.6. The SMILES string of the molecule is CCN1CCC(n2c(C(C)C)nc3cccnc32)CC1. The van der Waals surface area contributed by atoms with Gasteiger partial charge >= 0.3 is 0 Å². The first-order valence-electron chi connectivity index (χ1n) is 7.76. The van der Waals surface area contributed by atoms with E-state index in [1.165, 1.54) is 31.8 Å². The molecule has 4 nitrogen and oxygen atoms in total. The molecule has 2 aromatic heterocycles. The molecule has 0 N–H and O–H groups in total. The molecule has 4 heteroatoms. The van der Waals surface area contributed by atoms with Gasteiger partial charge in [-0.05, 0) is 31.5 Å². The Morgan fingerprint density at radius 1 is 1.30 bits per heavy atom. The molecule has 1 fully saturated rings. The third-order valence-electron chi connectivity index (χ3n) is 4.36. The topological polar surface area (TPSA) is 34.0 Å². The summed E-state index contributed by atoms with van der Waals surface area (Å²) < 4.78 is 2.41. The molecule has 1 aliphatic rings. The minimum atomic E-state index is 0.438. The Morgan fingerprint density at radius 3 is 2.70 bits per heavy atom. The molecule has 3 heterocycles. The number of hydrogen-bond donors (Lipinski definition) is 0. The summed E-state index contributed by atoms with van der Waals surface area (Å²) in [5, 5.41) is 0. The van der Waals surface area contributed by atoms with Crippen molar-refractivity contribution in [3.63, 3.8) is 0 Å². The summed E-state index contributed by atoms with van der Waals surface area (Å²) in [5.74, 6) is 1.63. The molecule has 0 bridgehead atoms. The van der Waals surface area contributed by atoms with Crippen molar-refractivity contribution in [2.24, 2.45) is 0 Å². The fraction of sp³-hybridized carbons (Fsp3) is 0.625. The number of imidazole rings is 1. The van der Waals surface area contributed by atoms with Crippen molar-refractivity contribution in [3.8, 4) is 0 Å². The quantitative estimate of drug-likeness (QED) is 0.860. The lowest BCUT2D eigenvalue weighted by Gasteiger charge is -2.33. The van der Waals surface area contributed by atoms with Crippen molar-refractivity contribution in [1.29, 1.82) is 0 Å². The van der Waals surface area contributed by atoms with Crippen molar-refractivity contribution in [3.05, 3.63) is 24.2 Å². The number of rotatable bonds is 3. The maximum atomic E-state index is 4.81. The number of hydrogen-bond acceptors (Lipinski definition) is 3. The maximum absolute atomic E-state index is 4.81. The van der Waals surface area contributed by atoms with Crippen LogP contribution in [0.2, 0.25) is 0 Å². The van der Waals surface area contributed by atoms with Crippen molar-refractivity contribution >= 4 is 11.2 Å². The fourth-order valence-corrected chi connectivity index (χ4v) is 3.21. The van der Waals surface area contributed by atoms with Gasteiger partial charge in [-0.2, -0.15) is 0 Å². The molecule has 0 unspecified atom stereocenters. The van der Waals surface area contributed by atoms with Crippen LogP contribution in [0.4, 0.5) is 0 Å². The number of pyridine rings is 1. The molecular weight excluding hydrogens is 248 g/mol. The predicted octanol–water partition coefficient (Wildman–Crippen LogP) is 3.21. The van der Waals surface area contributed by atoms with Gasteiger partial charge in [0.2, 0.25) is 0 Å². The smallest absolute Gasteiger partial charge is 0.160 e.